The molecule has 5 nitrogen and oxygen atoms in total. The largest absolute Gasteiger partial charge is 0.350 e. The minimum Gasteiger partial charge on any atom is -0.350 e. The lowest BCUT2D eigenvalue weighted by molar-refractivity contribution is -0.119. The van der Waals surface area contributed by atoms with Crippen molar-refractivity contribution in [2.24, 2.45) is 0 Å². The van der Waals surface area contributed by atoms with E-state index in [1.807, 2.05) is 24.3 Å². The van der Waals surface area contributed by atoms with Gasteiger partial charge in [-0.1, -0.05) is 67.9 Å². The third-order valence-electron chi connectivity index (χ3n) is 4.87. The van der Waals surface area contributed by atoms with Crippen LogP contribution >= 0.6 is 11.6 Å². The maximum absolute atomic E-state index is 13.3. The lowest BCUT2D eigenvalue weighted by Crippen LogP contribution is -2.40. The van der Waals surface area contributed by atoms with Crippen molar-refractivity contribution in [2.45, 2.75) is 31.2 Å². The van der Waals surface area contributed by atoms with Gasteiger partial charge in [-0.15, -0.1) is 0 Å². The Morgan fingerprint density at radius 3 is 2.13 bits per heavy atom. The first-order valence-corrected chi connectivity index (χ1v) is 11.8. The van der Waals surface area contributed by atoms with Crippen molar-refractivity contribution in [3.05, 3.63) is 95.0 Å². The van der Waals surface area contributed by atoms with Crippen LogP contribution in [0.15, 0.2) is 83.8 Å². The van der Waals surface area contributed by atoms with E-state index >= 15 is 0 Å². The zero-order valence-electron chi connectivity index (χ0n) is 17.5. The molecule has 0 aliphatic carbocycles. The summed E-state index contributed by atoms with van der Waals surface area (Å²) < 4.78 is 27.8. The number of hydrogen-bond acceptors (Lipinski definition) is 3. The average molecular weight is 457 g/mol. The number of sulfonamides is 1. The summed E-state index contributed by atoms with van der Waals surface area (Å²) in [6.45, 7) is 4.09. The number of halogens is 1. The van der Waals surface area contributed by atoms with Crippen LogP contribution < -0.4 is 9.62 Å². The maximum Gasteiger partial charge on any atom is 0.264 e. The summed E-state index contributed by atoms with van der Waals surface area (Å²) in [5, 5.41) is 3.39. The third kappa shape index (κ3) is 5.87. The molecule has 0 atom stereocenters. The molecule has 0 aliphatic heterocycles. The third-order valence-corrected chi connectivity index (χ3v) is 6.91. The summed E-state index contributed by atoms with van der Waals surface area (Å²) in [6.07, 6.45) is 0. The van der Waals surface area contributed by atoms with E-state index in [0.29, 0.717) is 16.6 Å². The second-order valence-electron chi connectivity index (χ2n) is 7.47. The Bertz CT molecular complexity index is 1110. The molecule has 1 N–H and O–H groups in total. The zero-order valence-corrected chi connectivity index (χ0v) is 19.0. The molecule has 0 saturated heterocycles. The average Bonchev–Trinajstić information content (AvgIpc) is 2.77. The van der Waals surface area contributed by atoms with Crippen LogP contribution in [0.4, 0.5) is 5.69 Å². The standard InChI is InChI=1S/C24H25ClN2O3S/c1-18(2)20-10-14-22(15-11-20)27(31(29,30)23-6-4-3-5-7-23)17-24(28)26-16-19-8-12-21(25)13-9-19/h3-15,18H,16-17H2,1-2H3,(H,26,28). The van der Waals surface area contributed by atoms with Crippen molar-refractivity contribution in [1.82, 2.24) is 5.32 Å². The summed E-state index contributed by atoms with van der Waals surface area (Å²) in [5.74, 6) is -0.0849. The van der Waals surface area contributed by atoms with Crippen LogP contribution in [0.3, 0.4) is 0 Å². The number of rotatable bonds is 8. The van der Waals surface area contributed by atoms with Crippen LogP contribution in [-0.2, 0) is 21.4 Å². The van der Waals surface area contributed by atoms with E-state index in [4.69, 9.17) is 11.6 Å². The molecule has 3 rings (SSSR count). The number of carbonyl (C=O) groups is 1. The number of amides is 1. The van der Waals surface area contributed by atoms with Crippen molar-refractivity contribution in [3.63, 3.8) is 0 Å². The van der Waals surface area contributed by atoms with E-state index in [0.717, 1.165) is 15.4 Å². The molecule has 0 saturated carbocycles. The van der Waals surface area contributed by atoms with Crippen molar-refractivity contribution in [2.75, 3.05) is 10.8 Å². The van der Waals surface area contributed by atoms with E-state index in [2.05, 4.69) is 19.2 Å². The topological polar surface area (TPSA) is 66.5 Å². The van der Waals surface area contributed by atoms with Gasteiger partial charge in [-0.25, -0.2) is 8.42 Å². The molecule has 31 heavy (non-hydrogen) atoms. The lowest BCUT2D eigenvalue weighted by Gasteiger charge is -2.24. The van der Waals surface area contributed by atoms with Crippen LogP contribution in [0.25, 0.3) is 0 Å². The fraction of sp³-hybridized carbons (Fsp3) is 0.208. The molecular weight excluding hydrogens is 432 g/mol. The highest BCUT2D eigenvalue weighted by molar-refractivity contribution is 7.92. The minimum atomic E-state index is -3.92. The van der Waals surface area contributed by atoms with Gasteiger partial charge < -0.3 is 5.32 Å². The molecule has 0 heterocycles. The van der Waals surface area contributed by atoms with E-state index < -0.39 is 15.9 Å². The molecular formula is C24H25ClN2O3S. The maximum atomic E-state index is 13.3. The first-order valence-electron chi connectivity index (χ1n) is 9.96. The molecule has 0 bridgehead atoms. The molecule has 0 aliphatic rings. The van der Waals surface area contributed by atoms with E-state index in [1.165, 1.54) is 12.1 Å². The number of anilines is 1. The number of nitrogens with one attached hydrogen (secondary N) is 1. The van der Waals surface area contributed by atoms with Gasteiger partial charge in [-0.05, 0) is 53.4 Å². The van der Waals surface area contributed by atoms with Gasteiger partial charge in [0.05, 0.1) is 10.6 Å². The van der Waals surface area contributed by atoms with Crippen molar-refractivity contribution < 1.29 is 13.2 Å². The molecule has 1 amide bonds. The summed E-state index contributed by atoms with van der Waals surface area (Å²) in [4.78, 5) is 12.8. The van der Waals surface area contributed by atoms with E-state index in [-0.39, 0.29) is 18.0 Å². The molecule has 0 fully saturated rings. The van der Waals surface area contributed by atoms with Gasteiger partial charge in [-0.2, -0.15) is 0 Å². The Morgan fingerprint density at radius 1 is 0.935 bits per heavy atom. The summed E-state index contributed by atoms with van der Waals surface area (Å²) in [7, 11) is -3.92. The van der Waals surface area contributed by atoms with Gasteiger partial charge in [0, 0.05) is 11.6 Å². The minimum absolute atomic E-state index is 0.133. The molecule has 0 aromatic heterocycles. The summed E-state index contributed by atoms with van der Waals surface area (Å²) >= 11 is 5.89. The SMILES string of the molecule is CC(C)c1ccc(N(CC(=O)NCc2ccc(Cl)cc2)S(=O)(=O)c2ccccc2)cc1. The molecule has 0 unspecified atom stereocenters. The molecule has 162 valence electrons. The number of nitrogens with zero attached hydrogens (tertiary/aromatic N) is 1. The highest BCUT2D eigenvalue weighted by atomic mass is 35.5. The first kappa shape index (κ1) is 22.8. The molecule has 7 heteroatoms. The number of carbonyl (C=O) groups excluding carboxylic acids is 1. The van der Waals surface area contributed by atoms with E-state index in [9.17, 15) is 13.2 Å². The van der Waals surface area contributed by atoms with Crippen LogP contribution in [0.2, 0.25) is 5.02 Å². The Labute approximate surface area is 188 Å². The van der Waals surface area contributed by atoms with Gasteiger partial charge in [0.1, 0.15) is 6.54 Å². The Morgan fingerprint density at radius 2 is 1.55 bits per heavy atom. The van der Waals surface area contributed by atoms with Gasteiger partial charge >= 0.3 is 0 Å². The molecule has 3 aromatic carbocycles. The van der Waals surface area contributed by atoms with Gasteiger partial charge in [-0.3, -0.25) is 9.10 Å². The number of benzene rings is 3. The fourth-order valence-corrected chi connectivity index (χ4v) is 4.62. The Balaban J connectivity index is 1.84. The molecule has 0 radical (unpaired) electrons. The summed E-state index contributed by atoms with van der Waals surface area (Å²) in [6, 6.07) is 22.5. The highest BCUT2D eigenvalue weighted by Gasteiger charge is 2.27. The first-order chi connectivity index (χ1) is 14.8. The highest BCUT2D eigenvalue weighted by Crippen LogP contribution is 2.25. The normalized spacial score (nSPS) is 11.4. The summed E-state index contributed by atoms with van der Waals surface area (Å²) in [5.41, 5.74) is 2.40. The molecule has 3 aromatic rings. The predicted molar refractivity (Wildman–Crippen MR) is 125 cm³/mol. The van der Waals surface area contributed by atoms with Gasteiger partial charge in [0.15, 0.2) is 0 Å². The van der Waals surface area contributed by atoms with Crippen molar-refractivity contribution >= 4 is 33.2 Å². The quantitative estimate of drug-likeness (QED) is 0.520. The van der Waals surface area contributed by atoms with Gasteiger partial charge in [0.25, 0.3) is 10.0 Å². The lowest BCUT2D eigenvalue weighted by atomic mass is 10.0. The monoisotopic (exact) mass is 456 g/mol. The smallest absolute Gasteiger partial charge is 0.264 e. The molecule has 0 spiro atoms. The van der Waals surface area contributed by atoms with Crippen LogP contribution in [0, 0.1) is 0 Å². The van der Waals surface area contributed by atoms with Crippen LogP contribution in [-0.4, -0.2) is 20.9 Å². The second kappa shape index (κ2) is 9.98. The zero-order chi connectivity index (χ0) is 22.4. The Kier molecular flexibility index (Phi) is 7.36. The number of hydrogen-bond donors (Lipinski definition) is 1. The van der Waals surface area contributed by atoms with Crippen LogP contribution in [0.1, 0.15) is 30.9 Å². The van der Waals surface area contributed by atoms with Crippen molar-refractivity contribution in [3.8, 4) is 0 Å². The van der Waals surface area contributed by atoms with Crippen molar-refractivity contribution in [1.29, 1.82) is 0 Å². The van der Waals surface area contributed by atoms with Crippen LogP contribution in [0.5, 0.6) is 0 Å². The second-order valence-corrected chi connectivity index (χ2v) is 9.77. The van der Waals surface area contributed by atoms with Gasteiger partial charge in [0.2, 0.25) is 5.91 Å². The Hall–Kier alpha value is -2.83. The predicted octanol–water partition coefficient (Wildman–Crippen LogP) is 4.98. The van der Waals surface area contributed by atoms with E-state index in [1.54, 1.807) is 42.5 Å². The fourth-order valence-electron chi connectivity index (χ4n) is 3.05.